The Morgan fingerprint density at radius 2 is 1.56 bits per heavy atom. The molecule has 2 nitrogen and oxygen atoms in total. The highest BCUT2D eigenvalue weighted by Crippen LogP contribution is 2.30. The van der Waals surface area contributed by atoms with E-state index in [1.807, 2.05) is 0 Å². The van der Waals surface area contributed by atoms with Gasteiger partial charge in [-0.2, -0.15) is 0 Å². The van der Waals surface area contributed by atoms with Gasteiger partial charge in [-0.15, -0.1) is 0 Å². The topological polar surface area (TPSA) is 6.48 Å². The maximum atomic E-state index is 2.62. The minimum Gasteiger partial charge on any atom is -0.302 e. The number of hydrogen-bond acceptors (Lipinski definition) is 2. The fourth-order valence-electron chi connectivity index (χ4n) is 3.63. The van der Waals surface area contributed by atoms with E-state index in [-0.39, 0.29) is 0 Å². The molecule has 2 heteroatoms. The third kappa shape index (κ3) is 2.60. The first-order chi connectivity index (χ1) is 7.58. The van der Waals surface area contributed by atoms with E-state index in [9.17, 15) is 0 Å². The molecule has 0 aliphatic carbocycles. The van der Waals surface area contributed by atoms with Crippen LogP contribution in [-0.4, -0.2) is 49.1 Å². The molecule has 0 aromatic carbocycles. The second kappa shape index (κ2) is 5.05. The summed E-state index contributed by atoms with van der Waals surface area (Å²) < 4.78 is 0. The standard InChI is InChI=1S/C14H28N2/c1-11-7-8-15(3)14(9-11)13-6-5-12(2)10-16(13)4/h11-14H,5-10H2,1-4H3. The summed E-state index contributed by atoms with van der Waals surface area (Å²) in [5.41, 5.74) is 0. The van der Waals surface area contributed by atoms with Crippen molar-refractivity contribution in [2.75, 3.05) is 27.2 Å². The monoisotopic (exact) mass is 224 g/mol. The molecule has 16 heavy (non-hydrogen) atoms. The minimum absolute atomic E-state index is 0.807. The molecule has 0 aromatic heterocycles. The normalized spacial score (nSPS) is 43.5. The molecule has 0 radical (unpaired) electrons. The van der Waals surface area contributed by atoms with E-state index in [1.54, 1.807) is 0 Å². The van der Waals surface area contributed by atoms with Gasteiger partial charge in [-0.25, -0.2) is 0 Å². The molecule has 0 aromatic rings. The van der Waals surface area contributed by atoms with Crippen LogP contribution in [0.15, 0.2) is 0 Å². The molecule has 2 saturated heterocycles. The molecule has 0 spiro atoms. The molecule has 4 unspecified atom stereocenters. The van der Waals surface area contributed by atoms with Crippen molar-refractivity contribution < 1.29 is 0 Å². The molecular weight excluding hydrogens is 196 g/mol. The van der Waals surface area contributed by atoms with Crippen molar-refractivity contribution >= 4 is 0 Å². The summed E-state index contributed by atoms with van der Waals surface area (Å²) >= 11 is 0. The highest BCUT2D eigenvalue weighted by atomic mass is 15.2. The van der Waals surface area contributed by atoms with E-state index in [2.05, 4.69) is 37.7 Å². The van der Waals surface area contributed by atoms with Gasteiger partial charge in [0.1, 0.15) is 0 Å². The first kappa shape index (κ1) is 12.4. The van der Waals surface area contributed by atoms with Gasteiger partial charge in [-0.1, -0.05) is 13.8 Å². The molecule has 0 bridgehead atoms. The fraction of sp³-hybridized carbons (Fsp3) is 1.00. The average molecular weight is 224 g/mol. The third-order valence-electron chi connectivity index (χ3n) is 4.75. The maximum absolute atomic E-state index is 2.62. The van der Waals surface area contributed by atoms with Crippen LogP contribution in [0, 0.1) is 11.8 Å². The molecule has 0 saturated carbocycles. The highest BCUT2D eigenvalue weighted by Gasteiger charge is 2.35. The quantitative estimate of drug-likeness (QED) is 0.675. The summed E-state index contributed by atoms with van der Waals surface area (Å²) in [5, 5.41) is 0. The minimum atomic E-state index is 0.807. The first-order valence-corrected chi connectivity index (χ1v) is 6.98. The van der Waals surface area contributed by atoms with Crippen LogP contribution in [0.5, 0.6) is 0 Å². The van der Waals surface area contributed by atoms with Crippen molar-refractivity contribution in [1.29, 1.82) is 0 Å². The lowest BCUT2D eigenvalue weighted by molar-refractivity contribution is 0.0322. The molecule has 2 heterocycles. The Hall–Kier alpha value is -0.0800. The van der Waals surface area contributed by atoms with E-state index < -0.39 is 0 Å². The number of likely N-dealkylation sites (tertiary alicyclic amines) is 2. The summed E-state index contributed by atoms with van der Waals surface area (Å²) in [7, 11) is 4.65. The van der Waals surface area contributed by atoms with Gasteiger partial charge < -0.3 is 9.80 Å². The second-order valence-corrected chi connectivity index (χ2v) is 6.37. The Kier molecular flexibility index (Phi) is 3.91. The van der Waals surface area contributed by atoms with Crippen LogP contribution >= 0.6 is 0 Å². The SMILES string of the molecule is CC1CCN(C)C(C2CCC(C)CN2C)C1. The molecule has 0 N–H and O–H groups in total. The number of likely N-dealkylation sites (N-methyl/N-ethyl adjacent to an activating group) is 2. The lowest BCUT2D eigenvalue weighted by Gasteiger charge is -2.47. The van der Waals surface area contributed by atoms with Crippen LogP contribution in [0.25, 0.3) is 0 Å². The van der Waals surface area contributed by atoms with Crippen LogP contribution in [0.2, 0.25) is 0 Å². The van der Waals surface area contributed by atoms with E-state index in [0.29, 0.717) is 0 Å². The van der Waals surface area contributed by atoms with Gasteiger partial charge in [0, 0.05) is 18.6 Å². The number of hydrogen-bond donors (Lipinski definition) is 0. The average Bonchev–Trinajstić information content (AvgIpc) is 2.22. The third-order valence-corrected chi connectivity index (χ3v) is 4.75. The zero-order chi connectivity index (χ0) is 11.7. The Bertz CT molecular complexity index is 229. The van der Waals surface area contributed by atoms with Crippen LogP contribution in [0.4, 0.5) is 0 Å². The molecule has 4 atom stereocenters. The number of nitrogens with zero attached hydrogens (tertiary/aromatic N) is 2. The maximum Gasteiger partial charge on any atom is 0.0250 e. The van der Waals surface area contributed by atoms with Crippen molar-refractivity contribution in [3.05, 3.63) is 0 Å². The Labute approximate surface area is 101 Å². The van der Waals surface area contributed by atoms with Gasteiger partial charge in [0.05, 0.1) is 0 Å². The molecule has 94 valence electrons. The smallest absolute Gasteiger partial charge is 0.0250 e. The lowest BCUT2D eigenvalue weighted by Crippen LogP contribution is -2.55. The van der Waals surface area contributed by atoms with E-state index in [4.69, 9.17) is 0 Å². The van der Waals surface area contributed by atoms with E-state index >= 15 is 0 Å². The number of piperidine rings is 2. The molecular formula is C14H28N2. The Balaban J connectivity index is 1.99. The van der Waals surface area contributed by atoms with Crippen LogP contribution in [0.1, 0.15) is 39.5 Å². The van der Waals surface area contributed by atoms with Gasteiger partial charge in [0.25, 0.3) is 0 Å². The van der Waals surface area contributed by atoms with Gasteiger partial charge >= 0.3 is 0 Å². The zero-order valence-corrected chi connectivity index (χ0v) is 11.4. The molecule has 0 amide bonds. The summed E-state index contributed by atoms with van der Waals surface area (Å²) in [6, 6.07) is 1.62. The van der Waals surface area contributed by atoms with Crippen LogP contribution in [0.3, 0.4) is 0 Å². The van der Waals surface area contributed by atoms with Crippen LogP contribution < -0.4 is 0 Å². The van der Waals surface area contributed by atoms with Crippen molar-refractivity contribution in [1.82, 2.24) is 9.80 Å². The molecule has 2 rings (SSSR count). The van der Waals surface area contributed by atoms with Crippen molar-refractivity contribution in [3.63, 3.8) is 0 Å². The lowest BCUT2D eigenvalue weighted by atomic mass is 9.83. The van der Waals surface area contributed by atoms with Gasteiger partial charge in [0.15, 0.2) is 0 Å². The zero-order valence-electron chi connectivity index (χ0n) is 11.4. The van der Waals surface area contributed by atoms with E-state index in [0.717, 1.165) is 23.9 Å². The van der Waals surface area contributed by atoms with Crippen molar-refractivity contribution in [2.24, 2.45) is 11.8 Å². The second-order valence-electron chi connectivity index (χ2n) is 6.37. The van der Waals surface area contributed by atoms with E-state index in [1.165, 1.54) is 38.8 Å². The molecule has 2 aliphatic heterocycles. The largest absolute Gasteiger partial charge is 0.302 e. The summed E-state index contributed by atoms with van der Waals surface area (Å²) in [4.78, 5) is 5.23. The van der Waals surface area contributed by atoms with Crippen molar-refractivity contribution in [3.8, 4) is 0 Å². The predicted octanol–water partition coefficient (Wildman–Crippen LogP) is 2.45. The predicted molar refractivity (Wildman–Crippen MR) is 69.6 cm³/mol. The molecule has 2 fully saturated rings. The molecule has 2 aliphatic rings. The van der Waals surface area contributed by atoms with Gasteiger partial charge in [-0.3, -0.25) is 0 Å². The number of rotatable bonds is 1. The van der Waals surface area contributed by atoms with Gasteiger partial charge in [0.2, 0.25) is 0 Å². The van der Waals surface area contributed by atoms with Crippen LogP contribution in [-0.2, 0) is 0 Å². The first-order valence-electron chi connectivity index (χ1n) is 6.98. The highest BCUT2D eigenvalue weighted by molar-refractivity contribution is 4.91. The Morgan fingerprint density at radius 3 is 2.25 bits per heavy atom. The summed E-state index contributed by atoms with van der Waals surface area (Å²) in [6.45, 7) is 7.40. The van der Waals surface area contributed by atoms with Gasteiger partial charge in [-0.05, 0) is 58.2 Å². The summed E-state index contributed by atoms with van der Waals surface area (Å²) in [6.07, 6.45) is 5.62. The fourth-order valence-corrected chi connectivity index (χ4v) is 3.63. The Morgan fingerprint density at radius 1 is 0.812 bits per heavy atom. The van der Waals surface area contributed by atoms with Crippen molar-refractivity contribution in [2.45, 2.75) is 51.6 Å². The summed E-state index contributed by atoms with van der Waals surface area (Å²) in [5.74, 6) is 1.82.